The fourth-order valence-electron chi connectivity index (χ4n) is 0.468. The average molecular weight is 132 g/mol. The summed E-state index contributed by atoms with van der Waals surface area (Å²) in [4.78, 5) is 9.99. The van der Waals surface area contributed by atoms with Crippen LogP contribution in [0.4, 0.5) is 0 Å². The zero-order valence-corrected chi connectivity index (χ0v) is 5.70. The summed E-state index contributed by atoms with van der Waals surface area (Å²) in [5, 5.41) is 8.42. The van der Waals surface area contributed by atoms with Crippen molar-refractivity contribution in [3.63, 3.8) is 0 Å². The summed E-state index contributed by atoms with van der Waals surface area (Å²) in [6.07, 6.45) is -0.0580. The van der Waals surface area contributed by atoms with E-state index in [0.717, 1.165) is 0 Å². The zero-order valence-electron chi connectivity index (χ0n) is 5.70. The van der Waals surface area contributed by atoms with E-state index in [1.54, 1.807) is 0 Å². The van der Waals surface area contributed by atoms with Gasteiger partial charge in [0.15, 0.2) is 6.29 Å². The van der Waals surface area contributed by atoms with Crippen molar-refractivity contribution in [1.82, 2.24) is 0 Å². The van der Waals surface area contributed by atoms with Crippen molar-refractivity contribution in [3.05, 3.63) is 0 Å². The highest BCUT2D eigenvalue weighted by atomic mass is 16.5. The van der Waals surface area contributed by atoms with Gasteiger partial charge in [-0.2, -0.15) is 0 Å². The van der Waals surface area contributed by atoms with Gasteiger partial charge in [0.2, 0.25) is 0 Å². The number of hydrogen-bond donors (Lipinski definition) is 1. The number of ether oxygens (including phenoxy) is 1. The Kier molecular flexibility index (Phi) is 4.26. The van der Waals surface area contributed by atoms with Crippen LogP contribution in [0, 0.1) is 0 Å². The quantitative estimate of drug-likeness (QED) is 0.546. The number of rotatable bonds is 4. The van der Waals surface area contributed by atoms with E-state index in [1.165, 1.54) is 0 Å². The maximum atomic E-state index is 9.99. The van der Waals surface area contributed by atoms with Crippen molar-refractivity contribution in [2.24, 2.45) is 0 Å². The molecule has 0 rings (SSSR count). The van der Waals surface area contributed by atoms with E-state index in [0.29, 0.717) is 6.29 Å². The highest BCUT2D eigenvalue weighted by Crippen LogP contribution is 1.92. The summed E-state index contributed by atoms with van der Waals surface area (Å²) in [5.41, 5.74) is 0. The second kappa shape index (κ2) is 4.47. The van der Waals surface area contributed by atoms with E-state index in [9.17, 15) is 4.79 Å². The first-order chi connectivity index (χ1) is 4.20. The summed E-state index contributed by atoms with van der Waals surface area (Å²) in [7, 11) is 0. The highest BCUT2D eigenvalue weighted by molar-refractivity contribution is 5.56. The molecule has 1 atom stereocenters. The third kappa shape index (κ3) is 4.12. The van der Waals surface area contributed by atoms with Gasteiger partial charge in [-0.25, -0.2) is 0 Å². The summed E-state index contributed by atoms with van der Waals surface area (Å²) in [6, 6.07) is 0. The maximum absolute atomic E-state index is 9.99. The maximum Gasteiger partial charge on any atom is 0.151 e. The fraction of sp³-hybridized carbons (Fsp3) is 0.833. The van der Waals surface area contributed by atoms with E-state index in [-0.39, 0.29) is 12.7 Å². The van der Waals surface area contributed by atoms with Crippen molar-refractivity contribution in [2.75, 3.05) is 6.61 Å². The molecular weight excluding hydrogens is 120 g/mol. The van der Waals surface area contributed by atoms with Gasteiger partial charge in [-0.05, 0) is 13.8 Å². The largest absolute Gasteiger partial charge is 0.393 e. The van der Waals surface area contributed by atoms with Gasteiger partial charge >= 0.3 is 0 Å². The first kappa shape index (κ1) is 8.59. The zero-order chi connectivity index (χ0) is 7.28. The average Bonchev–Trinajstić information content (AvgIpc) is 1.82. The van der Waals surface area contributed by atoms with E-state index >= 15 is 0 Å². The minimum Gasteiger partial charge on any atom is -0.393 e. The van der Waals surface area contributed by atoms with Crippen molar-refractivity contribution in [3.8, 4) is 0 Å². The van der Waals surface area contributed by atoms with Crippen LogP contribution in [0.2, 0.25) is 0 Å². The molecule has 0 heterocycles. The first-order valence-corrected chi connectivity index (χ1v) is 2.92. The molecule has 3 heteroatoms. The lowest BCUT2D eigenvalue weighted by Crippen LogP contribution is -2.22. The van der Waals surface area contributed by atoms with Gasteiger partial charge < -0.3 is 14.6 Å². The summed E-state index contributed by atoms with van der Waals surface area (Å²) in [5.74, 6) is 0. The van der Waals surface area contributed by atoms with Crippen LogP contribution >= 0.6 is 0 Å². The molecule has 0 aromatic heterocycles. The molecule has 3 nitrogen and oxygen atoms in total. The SMILES string of the molecule is CC(C)OC(C=O)CO. The predicted molar refractivity (Wildman–Crippen MR) is 33.2 cm³/mol. The van der Waals surface area contributed by atoms with Crippen LogP contribution < -0.4 is 0 Å². The van der Waals surface area contributed by atoms with Crippen LogP contribution in [0.3, 0.4) is 0 Å². The lowest BCUT2D eigenvalue weighted by atomic mass is 10.4. The lowest BCUT2D eigenvalue weighted by molar-refractivity contribution is -0.123. The van der Waals surface area contributed by atoms with Crippen molar-refractivity contribution in [1.29, 1.82) is 0 Å². The van der Waals surface area contributed by atoms with Gasteiger partial charge in [-0.1, -0.05) is 0 Å². The second-order valence-electron chi connectivity index (χ2n) is 2.04. The third-order valence-corrected chi connectivity index (χ3v) is 0.779. The Balaban J connectivity index is 3.42. The van der Waals surface area contributed by atoms with E-state index in [1.807, 2.05) is 13.8 Å². The Bertz CT molecular complexity index is 80.4. The van der Waals surface area contributed by atoms with Gasteiger partial charge in [0.05, 0.1) is 12.7 Å². The van der Waals surface area contributed by atoms with Crippen LogP contribution in [-0.2, 0) is 9.53 Å². The number of carbonyl (C=O) groups excluding carboxylic acids is 1. The molecular formula is C6H12O3. The number of hydrogen-bond acceptors (Lipinski definition) is 3. The molecule has 0 aromatic rings. The van der Waals surface area contributed by atoms with Crippen LogP contribution in [0.25, 0.3) is 0 Å². The topological polar surface area (TPSA) is 46.5 Å². The van der Waals surface area contributed by atoms with Gasteiger partial charge in [-0.3, -0.25) is 0 Å². The van der Waals surface area contributed by atoms with Crippen LogP contribution in [0.5, 0.6) is 0 Å². The summed E-state index contributed by atoms with van der Waals surface area (Å²) < 4.78 is 4.93. The summed E-state index contributed by atoms with van der Waals surface area (Å²) in [6.45, 7) is 3.39. The Morgan fingerprint density at radius 1 is 1.67 bits per heavy atom. The highest BCUT2D eigenvalue weighted by Gasteiger charge is 2.06. The van der Waals surface area contributed by atoms with Gasteiger partial charge in [-0.15, -0.1) is 0 Å². The molecule has 0 radical (unpaired) electrons. The van der Waals surface area contributed by atoms with Crippen molar-refractivity contribution in [2.45, 2.75) is 26.1 Å². The molecule has 1 N–H and O–H groups in total. The van der Waals surface area contributed by atoms with Crippen molar-refractivity contribution < 1.29 is 14.6 Å². The van der Waals surface area contributed by atoms with Crippen LogP contribution in [-0.4, -0.2) is 30.2 Å². The summed E-state index contributed by atoms with van der Waals surface area (Å²) >= 11 is 0. The fourth-order valence-corrected chi connectivity index (χ4v) is 0.468. The van der Waals surface area contributed by atoms with Gasteiger partial charge in [0.25, 0.3) is 0 Å². The lowest BCUT2D eigenvalue weighted by Gasteiger charge is -2.10. The molecule has 0 aliphatic rings. The van der Waals surface area contributed by atoms with E-state index < -0.39 is 6.10 Å². The van der Waals surface area contributed by atoms with Gasteiger partial charge in [0.1, 0.15) is 6.10 Å². The number of aliphatic hydroxyl groups is 1. The minimum atomic E-state index is -0.648. The monoisotopic (exact) mass is 132 g/mol. The number of aliphatic hydroxyl groups excluding tert-OH is 1. The molecule has 54 valence electrons. The Hall–Kier alpha value is -0.410. The molecule has 9 heavy (non-hydrogen) atoms. The Morgan fingerprint density at radius 2 is 2.22 bits per heavy atom. The Morgan fingerprint density at radius 3 is 2.33 bits per heavy atom. The molecule has 0 aromatic carbocycles. The molecule has 0 fully saturated rings. The smallest absolute Gasteiger partial charge is 0.151 e. The molecule has 0 bridgehead atoms. The van der Waals surface area contributed by atoms with Crippen LogP contribution in [0.15, 0.2) is 0 Å². The molecule has 0 saturated carbocycles. The van der Waals surface area contributed by atoms with E-state index in [2.05, 4.69) is 0 Å². The standard InChI is InChI=1S/C6H12O3/c1-5(2)9-6(3-7)4-8/h3,5-6,8H,4H2,1-2H3. The number of carbonyl (C=O) groups is 1. The first-order valence-electron chi connectivity index (χ1n) is 2.92. The van der Waals surface area contributed by atoms with Crippen molar-refractivity contribution >= 4 is 6.29 Å². The number of aldehydes is 1. The second-order valence-corrected chi connectivity index (χ2v) is 2.04. The molecule has 1 unspecified atom stereocenters. The normalized spacial score (nSPS) is 13.8. The molecule has 0 spiro atoms. The molecule has 0 aliphatic carbocycles. The predicted octanol–water partition coefficient (Wildman–Crippen LogP) is -0.0288. The molecule has 0 aliphatic heterocycles. The van der Waals surface area contributed by atoms with Gasteiger partial charge in [0, 0.05) is 0 Å². The molecule has 0 amide bonds. The Labute approximate surface area is 54.6 Å². The minimum absolute atomic E-state index is 0.00708. The van der Waals surface area contributed by atoms with E-state index in [4.69, 9.17) is 9.84 Å². The molecule has 0 saturated heterocycles. The third-order valence-electron chi connectivity index (χ3n) is 0.779. The van der Waals surface area contributed by atoms with Crippen LogP contribution in [0.1, 0.15) is 13.8 Å².